The van der Waals surface area contributed by atoms with Crippen LogP contribution in [0.2, 0.25) is 5.02 Å². The lowest BCUT2D eigenvalue weighted by atomic mass is 10.1. The van der Waals surface area contributed by atoms with Crippen LogP contribution in [-0.4, -0.2) is 38.0 Å². The number of unbranched alkanes of at least 4 members (excludes halogenated alkanes) is 1. The number of nitrogens with zero attached hydrogens (tertiary/aromatic N) is 2. The molecule has 0 atom stereocenters. The van der Waals surface area contributed by atoms with Crippen molar-refractivity contribution in [2.45, 2.75) is 19.3 Å². The van der Waals surface area contributed by atoms with Gasteiger partial charge in [-0.3, -0.25) is 4.99 Å². The maximum absolute atomic E-state index is 5.97. The molecule has 0 bridgehead atoms. The average molecular weight is 294 g/mol. The monoisotopic (exact) mass is 293 g/mol. The lowest BCUT2D eigenvalue weighted by molar-refractivity contribution is 0.470. The van der Waals surface area contributed by atoms with E-state index in [4.69, 9.17) is 11.6 Å². The average Bonchev–Trinajstić information content (AvgIpc) is 2.44. The first-order valence-electron chi connectivity index (χ1n) is 6.94. The zero-order chi connectivity index (χ0) is 14.8. The van der Waals surface area contributed by atoms with E-state index in [2.05, 4.69) is 34.9 Å². The minimum atomic E-state index is 0.786. The van der Waals surface area contributed by atoms with Gasteiger partial charge in [-0.15, -0.1) is 6.58 Å². The highest BCUT2D eigenvalue weighted by molar-refractivity contribution is 6.30. The van der Waals surface area contributed by atoms with E-state index >= 15 is 0 Å². The van der Waals surface area contributed by atoms with Gasteiger partial charge in [0.25, 0.3) is 0 Å². The van der Waals surface area contributed by atoms with Gasteiger partial charge in [-0.1, -0.05) is 29.8 Å². The third kappa shape index (κ3) is 6.11. The first-order valence-corrected chi connectivity index (χ1v) is 7.32. The van der Waals surface area contributed by atoms with Crippen LogP contribution in [0.3, 0.4) is 0 Å². The van der Waals surface area contributed by atoms with Gasteiger partial charge in [0.1, 0.15) is 0 Å². The van der Waals surface area contributed by atoms with Crippen molar-refractivity contribution >= 4 is 17.6 Å². The highest BCUT2D eigenvalue weighted by Crippen LogP contribution is 2.10. The molecule has 3 nitrogen and oxygen atoms in total. The number of nitrogens with one attached hydrogen (secondary N) is 1. The van der Waals surface area contributed by atoms with Gasteiger partial charge in [0.05, 0.1) is 0 Å². The van der Waals surface area contributed by atoms with Gasteiger partial charge in [0.2, 0.25) is 0 Å². The van der Waals surface area contributed by atoms with Crippen molar-refractivity contribution in [3.05, 3.63) is 47.5 Å². The number of halogens is 1. The summed E-state index contributed by atoms with van der Waals surface area (Å²) in [5.74, 6) is 0.927. The van der Waals surface area contributed by atoms with Crippen molar-refractivity contribution in [2.75, 3.05) is 27.2 Å². The molecule has 20 heavy (non-hydrogen) atoms. The summed E-state index contributed by atoms with van der Waals surface area (Å²) < 4.78 is 0. The van der Waals surface area contributed by atoms with Crippen molar-refractivity contribution < 1.29 is 0 Å². The Hall–Kier alpha value is -1.48. The largest absolute Gasteiger partial charge is 0.356 e. The van der Waals surface area contributed by atoms with Crippen molar-refractivity contribution in [1.29, 1.82) is 0 Å². The molecule has 1 aromatic rings. The first kappa shape index (κ1) is 16.6. The molecule has 0 aliphatic rings. The second kappa shape index (κ2) is 9.43. The van der Waals surface area contributed by atoms with Crippen LogP contribution in [0.4, 0.5) is 0 Å². The fraction of sp³-hybridized carbons (Fsp3) is 0.438. The van der Waals surface area contributed by atoms with Crippen LogP contribution >= 0.6 is 11.6 Å². The molecule has 0 aliphatic heterocycles. The predicted molar refractivity (Wildman–Crippen MR) is 88.6 cm³/mol. The van der Waals surface area contributed by atoms with Gasteiger partial charge in [-0.05, 0) is 37.0 Å². The number of hydrogen-bond acceptors (Lipinski definition) is 1. The Morgan fingerprint density at radius 2 is 2.30 bits per heavy atom. The highest BCUT2D eigenvalue weighted by Gasteiger charge is 2.04. The molecule has 1 N–H and O–H groups in total. The standard InChI is InChI=1S/C16H24ClN3/c1-4-5-6-12-20(3)16(18-2)19-11-10-14-8-7-9-15(17)13-14/h4,7-9,13H,1,5-6,10-12H2,2-3H3,(H,18,19). The zero-order valence-electron chi connectivity index (χ0n) is 12.4. The Bertz CT molecular complexity index is 443. The number of aliphatic imine (C=N–C) groups is 1. The molecule has 0 heterocycles. The van der Waals surface area contributed by atoms with Crippen molar-refractivity contribution in [3.8, 4) is 0 Å². The third-order valence-electron chi connectivity index (χ3n) is 3.06. The van der Waals surface area contributed by atoms with Crippen LogP contribution in [0.15, 0.2) is 41.9 Å². The normalized spacial score (nSPS) is 11.2. The van der Waals surface area contributed by atoms with E-state index in [9.17, 15) is 0 Å². The minimum absolute atomic E-state index is 0.786. The summed E-state index contributed by atoms with van der Waals surface area (Å²) in [7, 11) is 3.86. The number of guanidine groups is 1. The molecule has 0 fully saturated rings. The molecule has 0 aromatic heterocycles. The maximum Gasteiger partial charge on any atom is 0.193 e. The molecule has 0 radical (unpaired) electrons. The smallest absolute Gasteiger partial charge is 0.193 e. The van der Waals surface area contributed by atoms with Gasteiger partial charge in [0, 0.05) is 32.2 Å². The van der Waals surface area contributed by atoms with E-state index in [-0.39, 0.29) is 0 Å². The molecule has 0 spiro atoms. The van der Waals surface area contributed by atoms with E-state index in [1.165, 1.54) is 5.56 Å². The molecule has 110 valence electrons. The Morgan fingerprint density at radius 3 is 2.95 bits per heavy atom. The van der Waals surface area contributed by atoms with E-state index in [0.29, 0.717) is 0 Å². The maximum atomic E-state index is 5.97. The molecule has 0 aliphatic carbocycles. The number of hydrogen-bond donors (Lipinski definition) is 1. The topological polar surface area (TPSA) is 27.6 Å². The molecule has 1 rings (SSSR count). The molecule has 0 unspecified atom stereocenters. The van der Waals surface area contributed by atoms with E-state index < -0.39 is 0 Å². The summed E-state index contributed by atoms with van der Waals surface area (Å²) in [6.45, 7) is 5.56. The van der Waals surface area contributed by atoms with Crippen molar-refractivity contribution in [2.24, 2.45) is 4.99 Å². The van der Waals surface area contributed by atoms with Crippen LogP contribution in [0, 0.1) is 0 Å². The second-order valence-electron chi connectivity index (χ2n) is 4.71. The van der Waals surface area contributed by atoms with Crippen LogP contribution < -0.4 is 5.32 Å². The molecular weight excluding hydrogens is 270 g/mol. The Morgan fingerprint density at radius 1 is 1.50 bits per heavy atom. The number of rotatable bonds is 7. The molecule has 0 amide bonds. The van der Waals surface area contributed by atoms with Crippen molar-refractivity contribution in [1.82, 2.24) is 10.2 Å². The van der Waals surface area contributed by atoms with E-state index in [0.717, 1.165) is 43.3 Å². The van der Waals surface area contributed by atoms with Crippen LogP contribution in [0.1, 0.15) is 18.4 Å². The van der Waals surface area contributed by atoms with Gasteiger partial charge >= 0.3 is 0 Å². The summed E-state index contributed by atoms with van der Waals surface area (Å²) in [5, 5.41) is 4.16. The van der Waals surface area contributed by atoms with Gasteiger partial charge in [-0.2, -0.15) is 0 Å². The summed E-state index contributed by atoms with van der Waals surface area (Å²) in [6, 6.07) is 7.96. The number of benzene rings is 1. The van der Waals surface area contributed by atoms with Crippen molar-refractivity contribution in [3.63, 3.8) is 0 Å². The Balaban J connectivity index is 2.36. The second-order valence-corrected chi connectivity index (χ2v) is 5.14. The van der Waals surface area contributed by atoms with E-state index in [1.54, 1.807) is 0 Å². The molecule has 0 saturated heterocycles. The lowest BCUT2D eigenvalue weighted by Crippen LogP contribution is -2.40. The quantitative estimate of drug-likeness (QED) is 0.361. The highest BCUT2D eigenvalue weighted by atomic mass is 35.5. The molecule has 1 aromatic carbocycles. The molecular formula is C16H24ClN3. The summed E-state index contributed by atoms with van der Waals surface area (Å²) >= 11 is 5.97. The summed E-state index contributed by atoms with van der Waals surface area (Å²) in [4.78, 5) is 6.44. The number of allylic oxidation sites excluding steroid dienone is 1. The Labute approximate surface area is 127 Å². The summed E-state index contributed by atoms with van der Waals surface area (Å²) in [6.07, 6.45) is 5.00. The minimum Gasteiger partial charge on any atom is -0.356 e. The van der Waals surface area contributed by atoms with Gasteiger partial charge < -0.3 is 10.2 Å². The SMILES string of the molecule is C=CCCCN(C)C(=NC)NCCc1cccc(Cl)c1. The van der Waals surface area contributed by atoms with Crippen LogP contribution in [0.5, 0.6) is 0 Å². The van der Waals surface area contributed by atoms with E-state index in [1.807, 2.05) is 31.3 Å². The fourth-order valence-electron chi connectivity index (χ4n) is 1.97. The zero-order valence-corrected chi connectivity index (χ0v) is 13.2. The first-order chi connectivity index (χ1) is 9.67. The predicted octanol–water partition coefficient (Wildman–Crippen LogP) is 3.36. The lowest BCUT2D eigenvalue weighted by Gasteiger charge is -2.21. The van der Waals surface area contributed by atoms with Gasteiger partial charge in [0.15, 0.2) is 5.96 Å². The fourth-order valence-corrected chi connectivity index (χ4v) is 2.19. The molecule has 0 saturated carbocycles. The van der Waals surface area contributed by atoms with Gasteiger partial charge in [-0.25, -0.2) is 0 Å². The summed E-state index contributed by atoms with van der Waals surface area (Å²) in [5.41, 5.74) is 1.23. The van der Waals surface area contributed by atoms with Crippen LogP contribution in [0.25, 0.3) is 0 Å². The van der Waals surface area contributed by atoms with Crippen LogP contribution in [-0.2, 0) is 6.42 Å². The Kier molecular flexibility index (Phi) is 7.81. The molecule has 4 heteroatoms. The third-order valence-corrected chi connectivity index (χ3v) is 3.30.